The van der Waals surface area contributed by atoms with Crippen LogP contribution in [0.3, 0.4) is 0 Å². The van der Waals surface area contributed by atoms with Gasteiger partial charge in [0, 0.05) is 13.0 Å². The zero-order valence-electron chi connectivity index (χ0n) is 10.3. The maximum Gasteiger partial charge on any atom is 0.315 e. The van der Waals surface area contributed by atoms with Crippen molar-refractivity contribution in [2.75, 3.05) is 13.1 Å². The molecule has 0 spiro atoms. The van der Waals surface area contributed by atoms with Crippen molar-refractivity contribution in [3.05, 3.63) is 12.2 Å². The number of hydrogen-bond donors (Lipinski definition) is 4. The van der Waals surface area contributed by atoms with Crippen LogP contribution in [-0.4, -0.2) is 35.2 Å². The van der Waals surface area contributed by atoms with Gasteiger partial charge in [-0.3, -0.25) is 9.59 Å². The Hall–Kier alpha value is -1.84. The largest absolute Gasteiger partial charge is 0.481 e. The first kappa shape index (κ1) is 18.5. The summed E-state index contributed by atoms with van der Waals surface area (Å²) in [7, 11) is 0. The monoisotopic (exact) mass is 256 g/mol. The van der Waals surface area contributed by atoms with Crippen molar-refractivity contribution in [1.29, 1.82) is 0 Å². The Bertz CT molecular complexity index is 316. The molecule has 6 nitrogen and oxygen atoms in total. The average Bonchev–Trinajstić information content (AvgIpc) is 2.31. The Morgan fingerprint density at radius 3 is 2.11 bits per heavy atom. The number of nitrogens with two attached hydrogens (primary N) is 2. The highest BCUT2D eigenvalue weighted by molar-refractivity contribution is 5.69. The fraction of sp³-hybridized carbons (Fsp3) is 0.500. The Balaban J connectivity index is 0. The molecule has 102 valence electrons. The van der Waals surface area contributed by atoms with Crippen LogP contribution in [0.15, 0.2) is 12.2 Å². The molecule has 0 atom stereocenters. The molecule has 0 fully saturated rings. The van der Waals surface area contributed by atoms with E-state index in [9.17, 15) is 9.59 Å². The van der Waals surface area contributed by atoms with Crippen molar-refractivity contribution < 1.29 is 19.8 Å². The summed E-state index contributed by atoms with van der Waals surface area (Å²) in [6.07, 6.45) is 4.73. The first-order valence-corrected chi connectivity index (χ1v) is 5.49. The Morgan fingerprint density at radius 2 is 1.67 bits per heavy atom. The summed E-state index contributed by atoms with van der Waals surface area (Å²) in [5.41, 5.74) is 10.2. The second-order valence-electron chi connectivity index (χ2n) is 3.11. The summed E-state index contributed by atoms with van der Waals surface area (Å²) in [6.45, 7) is 1.07. The second-order valence-corrected chi connectivity index (χ2v) is 3.11. The molecule has 0 aliphatic rings. The van der Waals surface area contributed by atoms with Gasteiger partial charge in [0.25, 0.3) is 0 Å². The SMILES string of the molecule is NCC/C=C/CC(=O)O.NCCC#CCC(=O)O. The normalized spacial score (nSPS) is 9.00. The third-order valence-corrected chi connectivity index (χ3v) is 1.43. The fourth-order valence-electron chi connectivity index (χ4n) is 0.697. The molecule has 0 unspecified atom stereocenters. The molecule has 6 N–H and O–H groups in total. The number of carboxylic acids is 2. The van der Waals surface area contributed by atoms with E-state index in [4.69, 9.17) is 21.7 Å². The average molecular weight is 256 g/mol. The number of aliphatic carboxylic acids is 2. The highest BCUT2D eigenvalue weighted by Crippen LogP contribution is 1.84. The van der Waals surface area contributed by atoms with Gasteiger partial charge in [0.1, 0.15) is 6.42 Å². The van der Waals surface area contributed by atoms with Crippen molar-refractivity contribution in [1.82, 2.24) is 0 Å². The quantitative estimate of drug-likeness (QED) is 0.396. The molecule has 0 aromatic heterocycles. The van der Waals surface area contributed by atoms with E-state index in [2.05, 4.69) is 11.8 Å². The van der Waals surface area contributed by atoms with Crippen LogP contribution in [0.4, 0.5) is 0 Å². The van der Waals surface area contributed by atoms with E-state index < -0.39 is 11.9 Å². The van der Waals surface area contributed by atoms with Gasteiger partial charge in [-0.2, -0.15) is 0 Å². The smallest absolute Gasteiger partial charge is 0.315 e. The minimum atomic E-state index is -0.889. The highest BCUT2D eigenvalue weighted by Gasteiger charge is 1.87. The predicted molar refractivity (Wildman–Crippen MR) is 68.8 cm³/mol. The van der Waals surface area contributed by atoms with Gasteiger partial charge < -0.3 is 21.7 Å². The summed E-state index contributed by atoms with van der Waals surface area (Å²) >= 11 is 0. The number of hydrogen-bond acceptors (Lipinski definition) is 4. The second kappa shape index (κ2) is 15.2. The van der Waals surface area contributed by atoms with E-state index in [-0.39, 0.29) is 12.8 Å². The third kappa shape index (κ3) is 23.8. The summed E-state index contributed by atoms with van der Waals surface area (Å²) < 4.78 is 0. The maximum absolute atomic E-state index is 9.88. The standard InChI is InChI=1S/C6H11NO2.C6H9NO2/c2*7-5-3-1-2-4-6(8)9/h1-2H,3-5,7H2,(H,8,9);3-5,7H2,(H,8,9)/b2-1+;. The molecule has 0 aliphatic carbocycles. The Kier molecular flexibility index (Phi) is 15.6. The van der Waals surface area contributed by atoms with Gasteiger partial charge in [-0.25, -0.2) is 0 Å². The van der Waals surface area contributed by atoms with Crippen LogP contribution in [0, 0.1) is 11.8 Å². The number of carbonyl (C=O) groups is 2. The molecular weight excluding hydrogens is 236 g/mol. The summed E-state index contributed by atoms with van der Waals surface area (Å²) in [6, 6.07) is 0. The zero-order valence-corrected chi connectivity index (χ0v) is 10.3. The molecule has 0 aromatic rings. The minimum Gasteiger partial charge on any atom is -0.481 e. The summed E-state index contributed by atoms with van der Waals surface area (Å²) in [5.74, 6) is 3.37. The van der Waals surface area contributed by atoms with Crippen LogP contribution in [0.25, 0.3) is 0 Å². The van der Waals surface area contributed by atoms with Gasteiger partial charge in [0.2, 0.25) is 0 Å². The van der Waals surface area contributed by atoms with Gasteiger partial charge in [-0.05, 0) is 13.0 Å². The van der Waals surface area contributed by atoms with E-state index in [1.165, 1.54) is 0 Å². The molecule has 0 saturated carbocycles. The van der Waals surface area contributed by atoms with Crippen molar-refractivity contribution in [3.63, 3.8) is 0 Å². The zero-order chi connectivity index (χ0) is 14.2. The van der Waals surface area contributed by atoms with Crippen molar-refractivity contribution in [3.8, 4) is 11.8 Å². The van der Waals surface area contributed by atoms with E-state index in [1.54, 1.807) is 12.2 Å². The first-order valence-electron chi connectivity index (χ1n) is 5.49. The van der Waals surface area contributed by atoms with E-state index in [1.807, 2.05) is 0 Å². The lowest BCUT2D eigenvalue weighted by Crippen LogP contribution is -1.96. The molecule has 0 rings (SSSR count). The first-order chi connectivity index (χ1) is 8.54. The summed E-state index contributed by atoms with van der Waals surface area (Å²) in [5, 5.41) is 16.2. The van der Waals surface area contributed by atoms with E-state index >= 15 is 0 Å². The molecule has 0 heterocycles. The van der Waals surface area contributed by atoms with Crippen LogP contribution in [0.1, 0.15) is 25.7 Å². The molecule has 6 heteroatoms. The lowest BCUT2D eigenvalue weighted by atomic mass is 10.3. The van der Waals surface area contributed by atoms with Gasteiger partial charge in [0.05, 0.1) is 6.42 Å². The molecule has 0 radical (unpaired) electrons. The van der Waals surface area contributed by atoms with Gasteiger partial charge >= 0.3 is 11.9 Å². The molecule has 0 aliphatic heterocycles. The fourth-order valence-corrected chi connectivity index (χ4v) is 0.697. The Labute approximate surface area is 107 Å². The van der Waals surface area contributed by atoms with Gasteiger partial charge in [0.15, 0.2) is 0 Å². The Morgan fingerprint density at radius 1 is 1.00 bits per heavy atom. The van der Waals surface area contributed by atoms with E-state index in [0.29, 0.717) is 19.5 Å². The van der Waals surface area contributed by atoms with Crippen LogP contribution in [-0.2, 0) is 9.59 Å². The van der Waals surface area contributed by atoms with Gasteiger partial charge in [-0.1, -0.05) is 18.1 Å². The molecule has 0 bridgehead atoms. The number of carboxylic acid groups (broad SMARTS) is 2. The topological polar surface area (TPSA) is 127 Å². The van der Waals surface area contributed by atoms with Crippen LogP contribution in [0.2, 0.25) is 0 Å². The molecule has 0 aromatic carbocycles. The van der Waals surface area contributed by atoms with Crippen molar-refractivity contribution >= 4 is 11.9 Å². The highest BCUT2D eigenvalue weighted by atomic mass is 16.4. The van der Waals surface area contributed by atoms with Crippen LogP contribution >= 0.6 is 0 Å². The van der Waals surface area contributed by atoms with Crippen LogP contribution in [0.5, 0.6) is 0 Å². The van der Waals surface area contributed by atoms with Gasteiger partial charge in [-0.15, -0.1) is 5.92 Å². The van der Waals surface area contributed by atoms with Crippen LogP contribution < -0.4 is 11.5 Å². The molecule has 18 heavy (non-hydrogen) atoms. The lowest BCUT2D eigenvalue weighted by molar-refractivity contribution is -0.136. The maximum atomic E-state index is 9.88. The molecule has 0 saturated heterocycles. The minimum absolute atomic E-state index is 0.0833. The third-order valence-electron chi connectivity index (χ3n) is 1.43. The summed E-state index contributed by atoms with van der Waals surface area (Å²) in [4.78, 5) is 19.7. The van der Waals surface area contributed by atoms with Crippen molar-refractivity contribution in [2.45, 2.75) is 25.7 Å². The number of rotatable bonds is 6. The predicted octanol–water partition coefficient (Wildman–Crippen LogP) is 0.179. The molecule has 0 amide bonds. The molecular formula is C12H20N2O4. The van der Waals surface area contributed by atoms with E-state index in [0.717, 1.165) is 6.42 Å². The van der Waals surface area contributed by atoms with Crippen molar-refractivity contribution in [2.24, 2.45) is 11.5 Å². The lowest BCUT2D eigenvalue weighted by Gasteiger charge is -1.83.